The van der Waals surface area contributed by atoms with E-state index in [0.29, 0.717) is 0 Å². The van der Waals surface area contributed by atoms with Crippen LogP contribution in [0.15, 0.2) is 48.5 Å². The van der Waals surface area contributed by atoms with Gasteiger partial charge in [-0.25, -0.2) is 0 Å². The molecule has 0 aliphatic heterocycles. The van der Waals surface area contributed by atoms with Crippen molar-refractivity contribution in [2.24, 2.45) is 0 Å². The first-order chi connectivity index (χ1) is 9.07. The fourth-order valence-corrected chi connectivity index (χ4v) is 2.33. The highest BCUT2D eigenvalue weighted by atomic mass is 16.5. The van der Waals surface area contributed by atoms with Gasteiger partial charge in [-0.05, 0) is 35.2 Å². The Bertz CT molecular complexity index is 471. The Hall–Kier alpha value is -1.76. The molecule has 1 nitrogen and oxygen atoms in total. The van der Waals surface area contributed by atoms with Crippen molar-refractivity contribution in [1.82, 2.24) is 0 Å². The summed E-state index contributed by atoms with van der Waals surface area (Å²) in [5.41, 5.74) is 4.04. The van der Waals surface area contributed by atoms with Crippen LogP contribution in [-0.2, 0) is 11.8 Å². The summed E-state index contributed by atoms with van der Waals surface area (Å²) in [5, 5.41) is 0. The Labute approximate surface area is 116 Å². The molecule has 0 N–H and O–H groups in total. The van der Waals surface area contributed by atoms with Gasteiger partial charge in [-0.1, -0.05) is 57.2 Å². The maximum absolute atomic E-state index is 5.22. The highest BCUT2D eigenvalue weighted by Crippen LogP contribution is 2.32. The van der Waals surface area contributed by atoms with Gasteiger partial charge >= 0.3 is 0 Å². The number of ether oxygens (including phenoxy) is 1. The van der Waals surface area contributed by atoms with Crippen LogP contribution >= 0.6 is 0 Å². The number of hydrogen-bond acceptors (Lipinski definition) is 1. The van der Waals surface area contributed by atoms with E-state index in [-0.39, 0.29) is 5.41 Å². The highest BCUT2D eigenvalue weighted by molar-refractivity contribution is 5.40. The Morgan fingerprint density at radius 3 is 1.74 bits per heavy atom. The lowest BCUT2D eigenvalue weighted by Crippen LogP contribution is -2.18. The molecule has 0 saturated heterocycles. The molecule has 1 heteroatoms. The number of benzene rings is 2. The number of rotatable bonds is 4. The van der Waals surface area contributed by atoms with Gasteiger partial charge < -0.3 is 4.74 Å². The van der Waals surface area contributed by atoms with Crippen LogP contribution in [0.25, 0.3) is 0 Å². The molecular weight excluding hydrogens is 232 g/mol. The van der Waals surface area contributed by atoms with E-state index in [1.165, 1.54) is 16.7 Å². The van der Waals surface area contributed by atoms with Crippen LogP contribution in [0.1, 0.15) is 37.5 Å². The smallest absolute Gasteiger partial charge is 0.118 e. The van der Waals surface area contributed by atoms with Gasteiger partial charge in [-0.3, -0.25) is 0 Å². The van der Waals surface area contributed by atoms with E-state index in [0.717, 1.165) is 12.2 Å². The van der Waals surface area contributed by atoms with E-state index in [1.54, 1.807) is 7.11 Å². The summed E-state index contributed by atoms with van der Waals surface area (Å²) in [4.78, 5) is 0. The Balaban J connectivity index is 2.33. The molecule has 0 unspecified atom stereocenters. The molecule has 0 aliphatic carbocycles. The van der Waals surface area contributed by atoms with E-state index in [1.807, 2.05) is 12.1 Å². The van der Waals surface area contributed by atoms with Crippen LogP contribution in [-0.4, -0.2) is 7.11 Å². The van der Waals surface area contributed by atoms with Crippen molar-refractivity contribution in [1.29, 1.82) is 0 Å². The molecule has 0 spiro atoms. The monoisotopic (exact) mass is 254 g/mol. The third-order valence-corrected chi connectivity index (χ3v) is 3.90. The fourth-order valence-electron chi connectivity index (χ4n) is 2.33. The van der Waals surface area contributed by atoms with Gasteiger partial charge in [-0.15, -0.1) is 0 Å². The van der Waals surface area contributed by atoms with E-state index in [9.17, 15) is 0 Å². The second kappa shape index (κ2) is 5.48. The van der Waals surface area contributed by atoms with E-state index in [4.69, 9.17) is 4.74 Å². The van der Waals surface area contributed by atoms with E-state index >= 15 is 0 Å². The molecule has 2 aromatic carbocycles. The second-order valence-electron chi connectivity index (χ2n) is 5.40. The maximum Gasteiger partial charge on any atom is 0.118 e. The van der Waals surface area contributed by atoms with Crippen LogP contribution in [0.4, 0.5) is 0 Å². The average molecular weight is 254 g/mol. The molecule has 2 aromatic rings. The summed E-state index contributed by atoms with van der Waals surface area (Å²) in [5.74, 6) is 0.904. The minimum absolute atomic E-state index is 0.0124. The standard InChI is InChI=1S/C18H22O/c1-5-14-6-8-15(9-7-14)18(2,3)16-10-12-17(19-4)13-11-16/h6-13H,5H2,1-4H3. The van der Waals surface area contributed by atoms with Crippen molar-refractivity contribution in [3.63, 3.8) is 0 Å². The van der Waals surface area contributed by atoms with Crippen molar-refractivity contribution in [2.75, 3.05) is 7.11 Å². The van der Waals surface area contributed by atoms with Crippen LogP contribution in [0.5, 0.6) is 5.75 Å². The topological polar surface area (TPSA) is 9.23 Å². The number of methoxy groups -OCH3 is 1. The van der Waals surface area contributed by atoms with Gasteiger partial charge in [0.1, 0.15) is 5.75 Å². The molecule has 2 rings (SSSR count). The third-order valence-electron chi connectivity index (χ3n) is 3.90. The zero-order valence-corrected chi connectivity index (χ0v) is 12.2. The molecule has 0 aliphatic rings. The molecule has 0 atom stereocenters. The number of aryl methyl sites for hydroxylation is 1. The van der Waals surface area contributed by atoms with Crippen LogP contribution in [0, 0.1) is 0 Å². The molecule has 0 heterocycles. The van der Waals surface area contributed by atoms with Crippen LogP contribution < -0.4 is 4.74 Å². The molecule has 19 heavy (non-hydrogen) atoms. The first-order valence-electron chi connectivity index (χ1n) is 6.82. The lowest BCUT2D eigenvalue weighted by atomic mass is 9.78. The highest BCUT2D eigenvalue weighted by Gasteiger charge is 2.22. The van der Waals surface area contributed by atoms with Crippen LogP contribution in [0.3, 0.4) is 0 Å². The largest absolute Gasteiger partial charge is 0.497 e. The fraction of sp³-hybridized carbons (Fsp3) is 0.333. The predicted molar refractivity (Wildman–Crippen MR) is 80.9 cm³/mol. The first kappa shape index (κ1) is 13.7. The molecule has 100 valence electrons. The van der Waals surface area contributed by atoms with Crippen molar-refractivity contribution >= 4 is 0 Å². The van der Waals surface area contributed by atoms with Gasteiger partial charge in [0, 0.05) is 5.41 Å². The summed E-state index contributed by atoms with van der Waals surface area (Å²) in [6.07, 6.45) is 1.09. The minimum atomic E-state index is 0.0124. The zero-order valence-electron chi connectivity index (χ0n) is 12.2. The third kappa shape index (κ3) is 2.81. The van der Waals surface area contributed by atoms with Crippen LogP contribution in [0.2, 0.25) is 0 Å². The molecule has 0 bridgehead atoms. The minimum Gasteiger partial charge on any atom is -0.497 e. The van der Waals surface area contributed by atoms with E-state index < -0.39 is 0 Å². The van der Waals surface area contributed by atoms with Crippen molar-refractivity contribution in [3.8, 4) is 5.75 Å². The molecule has 0 fully saturated rings. The summed E-state index contributed by atoms with van der Waals surface area (Å²) in [7, 11) is 1.70. The Morgan fingerprint density at radius 1 is 0.842 bits per heavy atom. The van der Waals surface area contributed by atoms with Gasteiger partial charge in [0.05, 0.1) is 7.11 Å². The first-order valence-corrected chi connectivity index (χ1v) is 6.82. The normalized spacial score (nSPS) is 11.4. The Morgan fingerprint density at radius 2 is 1.32 bits per heavy atom. The van der Waals surface area contributed by atoms with Gasteiger partial charge in [0.15, 0.2) is 0 Å². The Kier molecular flexibility index (Phi) is 3.94. The summed E-state index contributed by atoms with van der Waals surface area (Å²) in [6, 6.07) is 17.3. The van der Waals surface area contributed by atoms with Crippen molar-refractivity contribution < 1.29 is 4.74 Å². The molecule has 0 saturated carbocycles. The number of hydrogen-bond donors (Lipinski definition) is 0. The lowest BCUT2D eigenvalue weighted by molar-refractivity contribution is 0.414. The second-order valence-corrected chi connectivity index (χ2v) is 5.40. The van der Waals surface area contributed by atoms with Gasteiger partial charge in [0.2, 0.25) is 0 Å². The zero-order chi connectivity index (χ0) is 13.9. The summed E-state index contributed by atoms with van der Waals surface area (Å²) in [6.45, 7) is 6.70. The van der Waals surface area contributed by atoms with Crippen molar-refractivity contribution in [3.05, 3.63) is 65.2 Å². The molecule has 0 amide bonds. The quantitative estimate of drug-likeness (QED) is 0.775. The summed E-state index contributed by atoms with van der Waals surface area (Å²) >= 11 is 0. The molecule has 0 aromatic heterocycles. The maximum atomic E-state index is 5.22. The average Bonchev–Trinajstić information content (AvgIpc) is 2.47. The predicted octanol–water partition coefficient (Wildman–Crippen LogP) is 4.58. The van der Waals surface area contributed by atoms with E-state index in [2.05, 4.69) is 57.2 Å². The van der Waals surface area contributed by atoms with Crippen molar-refractivity contribution in [2.45, 2.75) is 32.6 Å². The lowest BCUT2D eigenvalue weighted by Gasteiger charge is -2.26. The molecular formula is C18H22O. The van der Waals surface area contributed by atoms with Gasteiger partial charge in [-0.2, -0.15) is 0 Å². The molecule has 0 radical (unpaired) electrons. The SMILES string of the molecule is CCc1ccc(C(C)(C)c2ccc(OC)cc2)cc1. The van der Waals surface area contributed by atoms with Gasteiger partial charge in [0.25, 0.3) is 0 Å². The summed E-state index contributed by atoms with van der Waals surface area (Å²) < 4.78 is 5.22.